The first-order valence-corrected chi connectivity index (χ1v) is 5.55. The first-order chi connectivity index (χ1) is 7.36. The van der Waals surface area contributed by atoms with Gasteiger partial charge < -0.3 is 10.2 Å². The molecule has 0 amide bonds. The molecule has 0 saturated carbocycles. The van der Waals surface area contributed by atoms with Crippen molar-refractivity contribution in [2.75, 3.05) is 26.3 Å². The van der Waals surface area contributed by atoms with E-state index >= 15 is 0 Å². The van der Waals surface area contributed by atoms with Crippen LogP contribution in [0.1, 0.15) is 26.2 Å². The molecule has 1 rings (SSSR count). The van der Waals surface area contributed by atoms with Crippen LogP contribution >= 0.6 is 0 Å². The molecule has 0 aromatic carbocycles. The van der Waals surface area contributed by atoms with Crippen LogP contribution in [0.25, 0.3) is 0 Å². The number of unbranched alkanes of at least 4 members (excludes halogenated alkanes) is 1. The average Bonchev–Trinajstić information content (AvgIpc) is 2.28. The minimum atomic E-state index is 0.764. The fourth-order valence-electron chi connectivity index (χ4n) is 1.48. The van der Waals surface area contributed by atoms with Gasteiger partial charge in [0.2, 0.25) is 0 Å². The molecule has 1 aliphatic heterocycles. The first-order valence-electron chi connectivity index (χ1n) is 5.55. The Hall–Kier alpha value is -1.05. The summed E-state index contributed by atoms with van der Waals surface area (Å²) in [5.41, 5.74) is 4.30. The van der Waals surface area contributed by atoms with Crippen molar-refractivity contribution in [1.82, 2.24) is 10.4 Å². The van der Waals surface area contributed by atoms with Crippen LogP contribution in [0, 0.1) is 11.3 Å². The number of hydrogen-bond donors (Lipinski definition) is 1. The van der Waals surface area contributed by atoms with Crippen molar-refractivity contribution in [3.8, 4) is 6.07 Å². The quantitative estimate of drug-likeness (QED) is 0.696. The second-order valence-corrected chi connectivity index (χ2v) is 3.61. The molecule has 0 atom stereocenters. The minimum absolute atomic E-state index is 0.764. The van der Waals surface area contributed by atoms with E-state index in [1.807, 2.05) is 0 Å². The molecule has 15 heavy (non-hydrogen) atoms. The van der Waals surface area contributed by atoms with Gasteiger partial charge in [0.15, 0.2) is 0 Å². The SMILES string of the molecule is CCCC/C(=C\C#N)NN1CCOCC1. The summed E-state index contributed by atoms with van der Waals surface area (Å²) in [4.78, 5) is 0. The van der Waals surface area contributed by atoms with Crippen LogP contribution in [0.5, 0.6) is 0 Å². The van der Waals surface area contributed by atoms with Crippen LogP contribution in [-0.2, 0) is 4.74 Å². The maximum Gasteiger partial charge on any atom is 0.0930 e. The predicted octanol–water partition coefficient (Wildman–Crippen LogP) is 1.42. The van der Waals surface area contributed by atoms with Crippen molar-refractivity contribution in [1.29, 1.82) is 5.26 Å². The number of hydrazine groups is 1. The molecule has 0 bridgehead atoms. The van der Waals surface area contributed by atoms with Gasteiger partial charge in [-0.2, -0.15) is 5.26 Å². The molecule has 0 aromatic rings. The van der Waals surface area contributed by atoms with Gasteiger partial charge in [0.1, 0.15) is 0 Å². The van der Waals surface area contributed by atoms with Gasteiger partial charge in [-0.05, 0) is 12.8 Å². The van der Waals surface area contributed by atoms with Crippen LogP contribution < -0.4 is 5.43 Å². The molecule has 1 aliphatic rings. The number of hydrogen-bond acceptors (Lipinski definition) is 4. The Kier molecular flexibility index (Phi) is 5.83. The second-order valence-electron chi connectivity index (χ2n) is 3.61. The first kappa shape index (κ1) is 12.0. The smallest absolute Gasteiger partial charge is 0.0930 e. The van der Waals surface area contributed by atoms with Gasteiger partial charge in [-0.15, -0.1) is 0 Å². The topological polar surface area (TPSA) is 48.3 Å². The summed E-state index contributed by atoms with van der Waals surface area (Å²) in [6.45, 7) is 5.45. The Bertz CT molecular complexity index is 239. The second kappa shape index (κ2) is 7.27. The average molecular weight is 209 g/mol. The van der Waals surface area contributed by atoms with Crippen molar-refractivity contribution in [2.24, 2.45) is 0 Å². The highest BCUT2D eigenvalue weighted by atomic mass is 16.5. The van der Waals surface area contributed by atoms with Crippen molar-refractivity contribution in [3.63, 3.8) is 0 Å². The number of ether oxygens (including phenoxy) is 1. The van der Waals surface area contributed by atoms with Gasteiger partial charge >= 0.3 is 0 Å². The Morgan fingerprint density at radius 2 is 2.27 bits per heavy atom. The monoisotopic (exact) mass is 209 g/mol. The van der Waals surface area contributed by atoms with Gasteiger partial charge in [0.25, 0.3) is 0 Å². The Morgan fingerprint density at radius 3 is 2.87 bits per heavy atom. The number of nitriles is 1. The van der Waals surface area contributed by atoms with E-state index in [0.717, 1.165) is 51.3 Å². The van der Waals surface area contributed by atoms with Gasteiger partial charge in [0.05, 0.1) is 19.3 Å². The zero-order chi connectivity index (χ0) is 10.9. The molecule has 1 fully saturated rings. The number of nitrogens with zero attached hydrogens (tertiary/aromatic N) is 2. The Balaban J connectivity index is 2.36. The van der Waals surface area contributed by atoms with E-state index in [9.17, 15) is 0 Å². The van der Waals surface area contributed by atoms with E-state index in [1.165, 1.54) is 0 Å². The lowest BCUT2D eigenvalue weighted by molar-refractivity contribution is 0.0180. The standard InChI is InChI=1S/C11H19N3O/c1-2-3-4-11(5-6-12)13-14-7-9-15-10-8-14/h5,13H,2-4,7-10H2,1H3/b11-5+. The molecule has 0 spiro atoms. The fraction of sp³-hybridized carbons (Fsp3) is 0.727. The lowest BCUT2D eigenvalue weighted by atomic mass is 10.2. The Morgan fingerprint density at radius 1 is 1.53 bits per heavy atom. The van der Waals surface area contributed by atoms with E-state index in [1.54, 1.807) is 6.08 Å². The normalized spacial score (nSPS) is 18.5. The Labute approximate surface area is 91.5 Å². The van der Waals surface area contributed by atoms with E-state index in [0.29, 0.717) is 0 Å². The zero-order valence-electron chi connectivity index (χ0n) is 9.33. The van der Waals surface area contributed by atoms with Crippen LogP contribution in [0.2, 0.25) is 0 Å². The molecule has 0 aromatic heterocycles. The lowest BCUT2D eigenvalue weighted by Gasteiger charge is -2.28. The molecule has 0 aliphatic carbocycles. The highest BCUT2D eigenvalue weighted by molar-refractivity contribution is 5.11. The third-order valence-corrected chi connectivity index (χ3v) is 2.35. The molecule has 0 radical (unpaired) electrons. The van der Waals surface area contributed by atoms with Crippen LogP contribution in [0.3, 0.4) is 0 Å². The van der Waals surface area contributed by atoms with Crippen molar-refractivity contribution in [3.05, 3.63) is 11.8 Å². The minimum Gasteiger partial charge on any atom is -0.379 e. The summed E-state index contributed by atoms with van der Waals surface area (Å²) in [6.07, 6.45) is 4.81. The molecule has 1 saturated heterocycles. The highest BCUT2D eigenvalue weighted by Crippen LogP contribution is 2.05. The maximum atomic E-state index is 8.66. The molecule has 84 valence electrons. The lowest BCUT2D eigenvalue weighted by Crippen LogP contribution is -2.45. The molecule has 1 heterocycles. The maximum absolute atomic E-state index is 8.66. The van der Waals surface area contributed by atoms with Gasteiger partial charge in [0, 0.05) is 24.9 Å². The number of allylic oxidation sites excluding steroid dienone is 2. The van der Waals surface area contributed by atoms with Gasteiger partial charge in [-0.25, -0.2) is 5.01 Å². The van der Waals surface area contributed by atoms with Crippen LogP contribution in [0.4, 0.5) is 0 Å². The van der Waals surface area contributed by atoms with Crippen molar-refractivity contribution < 1.29 is 4.74 Å². The molecule has 1 N–H and O–H groups in total. The van der Waals surface area contributed by atoms with Crippen LogP contribution in [0.15, 0.2) is 11.8 Å². The molecular weight excluding hydrogens is 190 g/mol. The fourth-order valence-corrected chi connectivity index (χ4v) is 1.48. The molecule has 0 unspecified atom stereocenters. The number of nitrogens with one attached hydrogen (secondary N) is 1. The molecule has 4 heteroatoms. The molecular formula is C11H19N3O. The third-order valence-electron chi connectivity index (χ3n) is 2.35. The van der Waals surface area contributed by atoms with E-state index in [4.69, 9.17) is 10.00 Å². The summed E-state index contributed by atoms with van der Waals surface area (Å²) in [5, 5.41) is 10.8. The van der Waals surface area contributed by atoms with Crippen molar-refractivity contribution in [2.45, 2.75) is 26.2 Å². The van der Waals surface area contributed by atoms with E-state index in [2.05, 4.69) is 23.4 Å². The van der Waals surface area contributed by atoms with Gasteiger partial charge in [-0.1, -0.05) is 13.3 Å². The van der Waals surface area contributed by atoms with Gasteiger partial charge in [-0.3, -0.25) is 0 Å². The number of morpholine rings is 1. The summed E-state index contributed by atoms with van der Waals surface area (Å²) in [5.74, 6) is 0. The van der Waals surface area contributed by atoms with E-state index < -0.39 is 0 Å². The highest BCUT2D eigenvalue weighted by Gasteiger charge is 2.10. The summed E-state index contributed by atoms with van der Waals surface area (Å²) in [6, 6.07) is 2.08. The summed E-state index contributed by atoms with van der Waals surface area (Å²) >= 11 is 0. The molecule has 4 nitrogen and oxygen atoms in total. The van der Waals surface area contributed by atoms with Crippen LogP contribution in [-0.4, -0.2) is 31.3 Å². The third kappa shape index (κ3) is 4.82. The largest absolute Gasteiger partial charge is 0.379 e. The number of rotatable bonds is 5. The summed E-state index contributed by atoms with van der Waals surface area (Å²) in [7, 11) is 0. The zero-order valence-corrected chi connectivity index (χ0v) is 9.33. The summed E-state index contributed by atoms with van der Waals surface area (Å²) < 4.78 is 5.26. The van der Waals surface area contributed by atoms with E-state index in [-0.39, 0.29) is 0 Å². The predicted molar refractivity (Wildman–Crippen MR) is 58.7 cm³/mol. The van der Waals surface area contributed by atoms with Crippen molar-refractivity contribution >= 4 is 0 Å².